The number of rotatable bonds is 5. The smallest absolute Gasteiger partial charge is 0.0409 e. The summed E-state index contributed by atoms with van der Waals surface area (Å²) in [5.74, 6) is 0. The maximum Gasteiger partial charge on any atom is 0.0409 e. The molecular weight excluding hydrogens is 268 g/mol. The summed E-state index contributed by atoms with van der Waals surface area (Å²) in [5.41, 5.74) is 9.31. The van der Waals surface area contributed by atoms with Crippen molar-refractivity contribution in [2.45, 2.75) is 26.1 Å². The third-order valence-corrected chi connectivity index (χ3v) is 3.92. The van der Waals surface area contributed by atoms with Gasteiger partial charge < -0.3 is 5.73 Å². The molecule has 0 saturated carbocycles. The number of nitrogens with zero attached hydrogens (tertiary/aromatic N) is 1. The largest absolute Gasteiger partial charge is 0.326 e. The van der Waals surface area contributed by atoms with Gasteiger partial charge in [0.1, 0.15) is 0 Å². The molecule has 1 unspecified atom stereocenters. The first-order valence-corrected chi connectivity index (χ1v) is 7.21. The Morgan fingerprint density at radius 2 is 1.75 bits per heavy atom. The van der Waals surface area contributed by atoms with Crippen molar-refractivity contribution in [1.82, 2.24) is 4.90 Å². The van der Waals surface area contributed by atoms with E-state index in [2.05, 4.69) is 49.2 Å². The quantitative estimate of drug-likeness (QED) is 0.901. The highest BCUT2D eigenvalue weighted by atomic mass is 35.5. The number of halogens is 1. The van der Waals surface area contributed by atoms with E-state index in [0.717, 1.165) is 11.6 Å². The Morgan fingerprint density at radius 1 is 1.10 bits per heavy atom. The molecule has 0 aliphatic heterocycles. The molecule has 106 valence electrons. The summed E-state index contributed by atoms with van der Waals surface area (Å²) in [4.78, 5) is 2.31. The first-order chi connectivity index (χ1) is 9.60. The van der Waals surface area contributed by atoms with Crippen LogP contribution >= 0.6 is 11.6 Å². The second-order valence-corrected chi connectivity index (χ2v) is 5.60. The van der Waals surface area contributed by atoms with E-state index in [1.165, 1.54) is 16.7 Å². The molecule has 0 aliphatic rings. The van der Waals surface area contributed by atoms with Crippen LogP contribution in [-0.2, 0) is 13.1 Å². The van der Waals surface area contributed by atoms with Crippen LogP contribution in [0.15, 0.2) is 48.5 Å². The first kappa shape index (κ1) is 15.0. The molecule has 0 fully saturated rings. The molecule has 0 bridgehead atoms. The Bertz CT molecular complexity index is 551. The van der Waals surface area contributed by atoms with Gasteiger partial charge in [0.15, 0.2) is 0 Å². The molecule has 3 heteroatoms. The monoisotopic (exact) mass is 288 g/mol. The van der Waals surface area contributed by atoms with Gasteiger partial charge in [-0.15, -0.1) is 0 Å². The Balaban J connectivity index is 2.04. The maximum absolute atomic E-state index is 6.06. The molecule has 2 aromatic carbocycles. The molecular formula is C17H21ClN2. The van der Waals surface area contributed by atoms with Gasteiger partial charge in [0, 0.05) is 24.2 Å². The highest BCUT2D eigenvalue weighted by Crippen LogP contribution is 2.23. The Labute approximate surface area is 126 Å². The summed E-state index contributed by atoms with van der Waals surface area (Å²) in [5, 5.41) is 0.787. The molecule has 0 aliphatic carbocycles. The fourth-order valence-corrected chi connectivity index (χ4v) is 2.43. The second-order valence-electron chi connectivity index (χ2n) is 5.17. The zero-order chi connectivity index (χ0) is 14.5. The lowest BCUT2D eigenvalue weighted by Crippen LogP contribution is -2.21. The van der Waals surface area contributed by atoms with Gasteiger partial charge in [0.05, 0.1) is 0 Å². The second kappa shape index (κ2) is 6.89. The predicted octanol–water partition coefficient (Wildman–Crippen LogP) is 3.99. The highest BCUT2D eigenvalue weighted by molar-refractivity contribution is 6.30. The molecule has 0 aromatic heterocycles. The van der Waals surface area contributed by atoms with Gasteiger partial charge >= 0.3 is 0 Å². The van der Waals surface area contributed by atoms with Crippen LogP contribution in [0, 0.1) is 0 Å². The number of nitrogens with two attached hydrogens (primary N) is 1. The highest BCUT2D eigenvalue weighted by Gasteiger charge is 2.12. The van der Waals surface area contributed by atoms with E-state index in [1.807, 2.05) is 18.2 Å². The summed E-state index contributed by atoms with van der Waals surface area (Å²) in [7, 11) is 2.13. The first-order valence-electron chi connectivity index (χ1n) is 6.83. The molecule has 0 spiro atoms. The minimum absolute atomic E-state index is 0.322. The third-order valence-electron chi connectivity index (χ3n) is 3.68. The Morgan fingerprint density at radius 3 is 2.35 bits per heavy atom. The lowest BCUT2D eigenvalue weighted by Gasteiger charge is -2.25. The van der Waals surface area contributed by atoms with Gasteiger partial charge in [-0.1, -0.05) is 48.0 Å². The van der Waals surface area contributed by atoms with Gasteiger partial charge in [-0.2, -0.15) is 0 Å². The molecule has 1 atom stereocenters. The van der Waals surface area contributed by atoms with Crippen LogP contribution in [0.5, 0.6) is 0 Å². The van der Waals surface area contributed by atoms with Crippen molar-refractivity contribution in [2.75, 3.05) is 7.05 Å². The number of benzene rings is 2. The molecule has 2 aromatic rings. The summed E-state index contributed by atoms with van der Waals surface area (Å²) in [6.07, 6.45) is 0. The van der Waals surface area contributed by atoms with Crippen molar-refractivity contribution < 1.29 is 0 Å². The molecule has 0 radical (unpaired) electrons. The van der Waals surface area contributed by atoms with Crippen LogP contribution in [0.1, 0.15) is 29.7 Å². The molecule has 2 nitrogen and oxygen atoms in total. The topological polar surface area (TPSA) is 29.3 Å². The van der Waals surface area contributed by atoms with E-state index in [4.69, 9.17) is 17.3 Å². The van der Waals surface area contributed by atoms with Crippen molar-refractivity contribution in [2.24, 2.45) is 5.73 Å². The van der Waals surface area contributed by atoms with E-state index in [9.17, 15) is 0 Å². The van der Waals surface area contributed by atoms with Crippen molar-refractivity contribution in [3.8, 4) is 0 Å². The number of hydrogen-bond acceptors (Lipinski definition) is 2. The van der Waals surface area contributed by atoms with Gasteiger partial charge in [0.2, 0.25) is 0 Å². The summed E-state index contributed by atoms with van der Waals surface area (Å²) < 4.78 is 0. The fraction of sp³-hybridized carbons (Fsp3) is 0.294. The van der Waals surface area contributed by atoms with Crippen molar-refractivity contribution >= 4 is 11.6 Å². The molecule has 2 N–H and O–H groups in total. The summed E-state index contributed by atoms with van der Waals surface area (Å²) >= 11 is 6.06. The minimum atomic E-state index is 0.322. The third kappa shape index (κ3) is 3.83. The summed E-state index contributed by atoms with van der Waals surface area (Å²) in [6, 6.07) is 16.8. The molecule has 2 rings (SSSR count). The van der Waals surface area contributed by atoms with Gasteiger partial charge in [-0.25, -0.2) is 0 Å². The SMILES string of the molecule is CC(c1cccc(Cl)c1)N(C)Cc1ccc(CN)cc1. The molecule has 0 amide bonds. The normalized spacial score (nSPS) is 12.7. The average molecular weight is 289 g/mol. The Hall–Kier alpha value is -1.35. The van der Waals surface area contributed by atoms with E-state index in [0.29, 0.717) is 12.6 Å². The van der Waals surface area contributed by atoms with E-state index in [1.54, 1.807) is 0 Å². The van der Waals surface area contributed by atoms with Crippen LogP contribution in [0.2, 0.25) is 5.02 Å². The molecule has 0 saturated heterocycles. The minimum Gasteiger partial charge on any atom is -0.326 e. The van der Waals surface area contributed by atoms with Crippen molar-refractivity contribution in [1.29, 1.82) is 0 Å². The van der Waals surface area contributed by atoms with Crippen LogP contribution in [0.3, 0.4) is 0 Å². The van der Waals surface area contributed by atoms with E-state index >= 15 is 0 Å². The van der Waals surface area contributed by atoms with Crippen molar-refractivity contribution in [3.05, 3.63) is 70.2 Å². The number of hydrogen-bond donors (Lipinski definition) is 1. The molecule has 0 heterocycles. The zero-order valence-corrected chi connectivity index (χ0v) is 12.8. The maximum atomic E-state index is 6.06. The average Bonchev–Trinajstić information content (AvgIpc) is 2.47. The van der Waals surface area contributed by atoms with E-state index < -0.39 is 0 Å². The van der Waals surface area contributed by atoms with Gasteiger partial charge in [-0.3, -0.25) is 4.90 Å². The zero-order valence-electron chi connectivity index (χ0n) is 12.0. The predicted molar refractivity (Wildman–Crippen MR) is 85.7 cm³/mol. The Kier molecular flexibility index (Phi) is 5.18. The van der Waals surface area contributed by atoms with E-state index in [-0.39, 0.29) is 0 Å². The lowest BCUT2D eigenvalue weighted by atomic mass is 10.1. The van der Waals surface area contributed by atoms with Crippen LogP contribution in [0.4, 0.5) is 0 Å². The lowest BCUT2D eigenvalue weighted by molar-refractivity contribution is 0.253. The summed E-state index contributed by atoms with van der Waals surface area (Å²) in [6.45, 7) is 3.69. The fourth-order valence-electron chi connectivity index (χ4n) is 2.23. The standard InChI is InChI=1S/C17H21ClN2/c1-13(16-4-3-5-17(18)10-16)20(2)12-15-8-6-14(11-19)7-9-15/h3-10,13H,11-12,19H2,1-2H3. The van der Waals surface area contributed by atoms with Crippen LogP contribution in [-0.4, -0.2) is 11.9 Å². The van der Waals surface area contributed by atoms with Gasteiger partial charge in [0.25, 0.3) is 0 Å². The van der Waals surface area contributed by atoms with Crippen LogP contribution < -0.4 is 5.73 Å². The van der Waals surface area contributed by atoms with Crippen molar-refractivity contribution in [3.63, 3.8) is 0 Å². The van der Waals surface area contributed by atoms with Crippen LogP contribution in [0.25, 0.3) is 0 Å². The van der Waals surface area contributed by atoms with Gasteiger partial charge in [-0.05, 0) is 42.8 Å². The molecule has 20 heavy (non-hydrogen) atoms.